The molecule has 0 aliphatic carbocycles. The molecule has 0 bridgehead atoms. The highest BCUT2D eigenvalue weighted by Gasteiger charge is 2.45. The van der Waals surface area contributed by atoms with Gasteiger partial charge in [0.1, 0.15) is 42.5 Å². The second-order valence-electron chi connectivity index (χ2n) is 6.70. The number of unbranched alkanes of at least 4 members (excludes halogenated alkanes) is 3. The second kappa shape index (κ2) is 11.0. The lowest BCUT2D eigenvalue weighted by molar-refractivity contribution is -0.278. The summed E-state index contributed by atoms with van der Waals surface area (Å²) in [6, 6.07) is 5.71. The molecule has 1 fully saturated rings. The number of hydrogen-bond acceptors (Lipinski definition) is 8. The molecule has 0 radical (unpaired) electrons. The van der Waals surface area contributed by atoms with Crippen LogP contribution in [0.1, 0.15) is 32.1 Å². The third-order valence-corrected chi connectivity index (χ3v) is 4.46. The zero-order chi connectivity index (χ0) is 20.5. The Morgan fingerprint density at radius 3 is 2.46 bits per heavy atom. The van der Waals surface area contributed by atoms with Gasteiger partial charge < -0.3 is 34.6 Å². The summed E-state index contributed by atoms with van der Waals surface area (Å²) < 4.78 is 16.1. The number of allylic oxidation sites excluding steroid dienone is 1. The molecule has 1 aliphatic heterocycles. The standard InChI is InChI=1S/C20H28O8/c1-2-3-4-5-6-7-16(22)26-12-15-17(23)18(24)19(25)20(28-15)27-14-10-8-13(21)9-11-14/h2,8-11,15,17-21,23-25H,1,3-7,12H2/t15-,17-,18+,19-,20-/m1/s1. The number of phenols is 1. The molecule has 1 aromatic rings. The van der Waals surface area contributed by atoms with Gasteiger partial charge in [-0.15, -0.1) is 6.58 Å². The predicted molar refractivity (Wildman–Crippen MR) is 99.7 cm³/mol. The topological polar surface area (TPSA) is 126 Å². The zero-order valence-corrected chi connectivity index (χ0v) is 15.6. The summed E-state index contributed by atoms with van der Waals surface area (Å²) in [6.07, 6.45) is -1.27. The van der Waals surface area contributed by atoms with E-state index in [1.807, 2.05) is 6.08 Å². The number of phenolic OH excluding ortho intramolecular Hbond substituents is 1. The Bertz CT molecular complexity index is 617. The van der Waals surface area contributed by atoms with Crippen molar-refractivity contribution >= 4 is 5.97 Å². The second-order valence-corrected chi connectivity index (χ2v) is 6.70. The molecular formula is C20H28O8. The van der Waals surface area contributed by atoms with Gasteiger partial charge in [-0.05, 0) is 43.5 Å². The molecule has 5 atom stereocenters. The van der Waals surface area contributed by atoms with Gasteiger partial charge in [-0.25, -0.2) is 0 Å². The maximum absolute atomic E-state index is 11.8. The highest BCUT2D eigenvalue weighted by atomic mass is 16.7. The van der Waals surface area contributed by atoms with E-state index < -0.39 is 36.7 Å². The Hall–Kier alpha value is -2.13. The van der Waals surface area contributed by atoms with Gasteiger partial charge in [0, 0.05) is 6.42 Å². The molecule has 8 heteroatoms. The Kier molecular flexibility index (Phi) is 8.72. The van der Waals surface area contributed by atoms with E-state index in [0.29, 0.717) is 12.2 Å². The van der Waals surface area contributed by atoms with Gasteiger partial charge >= 0.3 is 5.97 Å². The molecule has 8 nitrogen and oxygen atoms in total. The average Bonchev–Trinajstić information content (AvgIpc) is 2.69. The van der Waals surface area contributed by atoms with E-state index in [9.17, 15) is 25.2 Å². The Balaban J connectivity index is 1.84. The SMILES string of the molecule is C=CCCCCCC(=O)OC[C@H]1O[C@@H](Oc2ccc(O)cc2)[C@H](O)[C@@H](O)[C@@H]1O. The summed E-state index contributed by atoms with van der Waals surface area (Å²) in [5, 5.41) is 39.5. The number of aliphatic hydroxyl groups is 3. The van der Waals surface area contributed by atoms with Gasteiger partial charge in [-0.2, -0.15) is 0 Å². The van der Waals surface area contributed by atoms with Gasteiger partial charge in [-0.3, -0.25) is 4.79 Å². The number of benzene rings is 1. The summed E-state index contributed by atoms with van der Waals surface area (Å²) in [6.45, 7) is 3.37. The van der Waals surface area contributed by atoms with E-state index in [4.69, 9.17) is 14.2 Å². The van der Waals surface area contributed by atoms with Crippen molar-refractivity contribution in [3.05, 3.63) is 36.9 Å². The highest BCUT2D eigenvalue weighted by Crippen LogP contribution is 2.25. The van der Waals surface area contributed by atoms with E-state index >= 15 is 0 Å². The van der Waals surface area contributed by atoms with Gasteiger partial charge in [0.05, 0.1) is 0 Å². The van der Waals surface area contributed by atoms with Crippen LogP contribution in [-0.4, -0.2) is 63.7 Å². The Morgan fingerprint density at radius 1 is 1.07 bits per heavy atom. The fourth-order valence-corrected chi connectivity index (χ4v) is 2.79. The number of aromatic hydroxyl groups is 1. The Labute approximate surface area is 164 Å². The van der Waals surface area contributed by atoms with Crippen LogP contribution in [0.25, 0.3) is 0 Å². The van der Waals surface area contributed by atoms with Gasteiger partial charge in [-0.1, -0.05) is 12.5 Å². The number of carbonyl (C=O) groups excluding carboxylic acids is 1. The maximum Gasteiger partial charge on any atom is 0.305 e. The first-order valence-corrected chi connectivity index (χ1v) is 9.34. The van der Waals surface area contributed by atoms with Crippen LogP contribution in [0.2, 0.25) is 0 Å². The lowest BCUT2D eigenvalue weighted by Gasteiger charge is -2.39. The van der Waals surface area contributed by atoms with Gasteiger partial charge in [0.15, 0.2) is 0 Å². The molecule has 28 heavy (non-hydrogen) atoms. The molecule has 1 aliphatic rings. The molecular weight excluding hydrogens is 368 g/mol. The van der Waals surface area contributed by atoms with Crippen LogP contribution in [0, 0.1) is 0 Å². The molecule has 0 saturated carbocycles. The minimum absolute atomic E-state index is 0.0437. The number of esters is 1. The minimum atomic E-state index is -1.53. The van der Waals surface area contributed by atoms with Crippen molar-refractivity contribution in [3.8, 4) is 11.5 Å². The maximum atomic E-state index is 11.8. The lowest BCUT2D eigenvalue weighted by atomic mass is 9.99. The van der Waals surface area contributed by atoms with Crippen molar-refractivity contribution in [2.45, 2.75) is 62.8 Å². The molecule has 2 rings (SSSR count). The molecule has 4 N–H and O–H groups in total. The number of hydrogen-bond donors (Lipinski definition) is 4. The van der Waals surface area contributed by atoms with Crippen LogP contribution in [0.5, 0.6) is 11.5 Å². The van der Waals surface area contributed by atoms with E-state index in [1.165, 1.54) is 24.3 Å². The van der Waals surface area contributed by atoms with E-state index in [2.05, 4.69) is 6.58 Å². The average molecular weight is 396 g/mol. The molecule has 0 aromatic heterocycles. The molecule has 156 valence electrons. The number of ether oxygens (including phenoxy) is 3. The summed E-state index contributed by atoms with van der Waals surface area (Å²) >= 11 is 0. The lowest BCUT2D eigenvalue weighted by Crippen LogP contribution is -2.60. The van der Waals surface area contributed by atoms with Crippen molar-refractivity contribution < 1.29 is 39.4 Å². The normalized spacial score (nSPS) is 27.2. The zero-order valence-electron chi connectivity index (χ0n) is 15.6. The summed E-state index contributed by atoms with van der Waals surface area (Å²) in [4.78, 5) is 11.8. The predicted octanol–water partition coefficient (Wildman–Crippen LogP) is 1.26. The van der Waals surface area contributed by atoms with Crippen LogP contribution in [-0.2, 0) is 14.3 Å². The van der Waals surface area contributed by atoms with Crippen molar-refractivity contribution in [2.75, 3.05) is 6.61 Å². The summed E-state index contributed by atoms with van der Waals surface area (Å²) in [5.74, 6) is -0.0890. The third kappa shape index (κ3) is 6.49. The molecule has 1 saturated heterocycles. The van der Waals surface area contributed by atoms with Crippen LogP contribution < -0.4 is 4.74 Å². The van der Waals surface area contributed by atoms with Crippen LogP contribution in [0.15, 0.2) is 36.9 Å². The fourth-order valence-electron chi connectivity index (χ4n) is 2.79. The monoisotopic (exact) mass is 396 g/mol. The number of aliphatic hydroxyl groups excluding tert-OH is 3. The van der Waals surface area contributed by atoms with Crippen LogP contribution in [0.3, 0.4) is 0 Å². The third-order valence-electron chi connectivity index (χ3n) is 4.46. The molecule has 0 amide bonds. The molecule has 1 aromatic carbocycles. The fraction of sp³-hybridized carbons (Fsp3) is 0.550. The van der Waals surface area contributed by atoms with Gasteiger partial charge in [0.25, 0.3) is 0 Å². The summed E-state index contributed by atoms with van der Waals surface area (Å²) in [5.41, 5.74) is 0. The van der Waals surface area contributed by atoms with Crippen molar-refractivity contribution in [3.63, 3.8) is 0 Å². The molecule has 1 heterocycles. The van der Waals surface area contributed by atoms with Gasteiger partial charge in [0.2, 0.25) is 6.29 Å². The quantitative estimate of drug-likeness (QED) is 0.265. The van der Waals surface area contributed by atoms with E-state index in [0.717, 1.165) is 19.3 Å². The number of carbonyl (C=O) groups is 1. The van der Waals surface area contributed by atoms with E-state index in [-0.39, 0.29) is 18.8 Å². The first-order chi connectivity index (χ1) is 13.4. The van der Waals surface area contributed by atoms with E-state index in [1.54, 1.807) is 0 Å². The Morgan fingerprint density at radius 2 is 1.79 bits per heavy atom. The summed E-state index contributed by atoms with van der Waals surface area (Å²) in [7, 11) is 0. The first-order valence-electron chi connectivity index (χ1n) is 9.34. The largest absolute Gasteiger partial charge is 0.508 e. The van der Waals surface area contributed by atoms with Crippen LogP contribution >= 0.6 is 0 Å². The van der Waals surface area contributed by atoms with Crippen molar-refractivity contribution in [1.82, 2.24) is 0 Å². The molecule has 0 spiro atoms. The van der Waals surface area contributed by atoms with Crippen molar-refractivity contribution in [1.29, 1.82) is 0 Å². The minimum Gasteiger partial charge on any atom is -0.508 e. The highest BCUT2D eigenvalue weighted by molar-refractivity contribution is 5.69. The smallest absolute Gasteiger partial charge is 0.305 e. The van der Waals surface area contributed by atoms with Crippen LogP contribution in [0.4, 0.5) is 0 Å². The first kappa shape index (κ1) is 22.2. The molecule has 0 unspecified atom stereocenters. The van der Waals surface area contributed by atoms with Crippen molar-refractivity contribution in [2.24, 2.45) is 0 Å². The number of rotatable bonds is 10.